The maximum Gasteiger partial charge on any atom is 0.144 e. The number of imidazole rings is 1. The van der Waals surface area contributed by atoms with E-state index >= 15 is 0 Å². The molecular formula is C13H15Cl2FN2S. The van der Waals surface area contributed by atoms with E-state index in [1.54, 1.807) is 17.8 Å². The predicted molar refractivity (Wildman–Crippen MR) is 81.9 cm³/mol. The lowest BCUT2D eigenvalue weighted by Crippen LogP contribution is -2.12. The zero-order chi connectivity index (χ0) is 14.2. The van der Waals surface area contributed by atoms with Gasteiger partial charge in [0.05, 0.1) is 21.4 Å². The number of fused-ring (bicyclic) bond motifs is 1. The van der Waals surface area contributed by atoms with Crippen molar-refractivity contribution in [2.45, 2.75) is 31.0 Å². The largest absolute Gasteiger partial charge is 0.326 e. The zero-order valence-corrected chi connectivity index (χ0v) is 13.3. The second-order valence-corrected chi connectivity index (χ2v) is 6.84. The number of benzene rings is 1. The summed E-state index contributed by atoms with van der Waals surface area (Å²) in [5, 5.41) is 0.248. The van der Waals surface area contributed by atoms with Crippen LogP contribution in [0.4, 0.5) is 4.39 Å². The second kappa shape index (κ2) is 5.90. The molecule has 0 aliphatic heterocycles. The lowest BCUT2D eigenvalue weighted by Gasteiger charge is -2.14. The summed E-state index contributed by atoms with van der Waals surface area (Å²) < 4.78 is 15.6. The Morgan fingerprint density at radius 2 is 2.11 bits per heavy atom. The third kappa shape index (κ3) is 3.01. The Balaban J connectivity index is 2.62. The summed E-state index contributed by atoms with van der Waals surface area (Å²) in [4.78, 5) is 4.47. The normalized spacial score (nSPS) is 14.8. The van der Waals surface area contributed by atoms with E-state index in [-0.39, 0.29) is 10.4 Å². The van der Waals surface area contributed by atoms with Crippen LogP contribution >= 0.6 is 35.0 Å². The number of rotatable bonds is 4. The highest BCUT2D eigenvalue weighted by molar-refractivity contribution is 7.99. The fraction of sp³-hybridized carbons (Fsp3) is 0.462. The molecule has 0 saturated heterocycles. The first kappa shape index (κ1) is 14.9. The molecule has 0 aliphatic carbocycles. The molecule has 6 heteroatoms. The number of aromatic nitrogens is 2. The van der Waals surface area contributed by atoms with Gasteiger partial charge in [0.2, 0.25) is 0 Å². The summed E-state index contributed by atoms with van der Waals surface area (Å²) in [6, 6.07) is 2.98. The molecular weight excluding hydrogens is 306 g/mol. The molecule has 0 aliphatic rings. The van der Waals surface area contributed by atoms with Crippen LogP contribution in [0.3, 0.4) is 0 Å². The van der Waals surface area contributed by atoms with Gasteiger partial charge in [-0.2, -0.15) is 11.8 Å². The monoisotopic (exact) mass is 320 g/mol. The minimum atomic E-state index is -0.430. The van der Waals surface area contributed by atoms with Gasteiger partial charge >= 0.3 is 0 Å². The number of hydrogen-bond acceptors (Lipinski definition) is 2. The van der Waals surface area contributed by atoms with E-state index in [2.05, 4.69) is 11.9 Å². The Kier molecular flexibility index (Phi) is 4.64. The first-order valence-corrected chi connectivity index (χ1v) is 8.06. The lowest BCUT2D eigenvalue weighted by molar-refractivity contribution is 0.625. The number of halogens is 3. The lowest BCUT2D eigenvalue weighted by atomic mass is 10.3. The predicted octanol–water partition coefficient (Wildman–Crippen LogP) is 4.88. The van der Waals surface area contributed by atoms with Crippen LogP contribution in [0.2, 0.25) is 5.02 Å². The molecule has 0 amide bonds. The molecule has 1 heterocycles. The molecule has 0 bridgehead atoms. The summed E-state index contributed by atoms with van der Waals surface area (Å²) in [6.07, 6.45) is 2.05. The molecule has 2 rings (SSSR count). The Morgan fingerprint density at radius 1 is 1.42 bits per heavy atom. The summed E-state index contributed by atoms with van der Waals surface area (Å²) >= 11 is 13.7. The van der Waals surface area contributed by atoms with Crippen molar-refractivity contribution in [1.29, 1.82) is 0 Å². The summed E-state index contributed by atoms with van der Waals surface area (Å²) in [5.41, 5.74) is 1.42. The molecule has 2 aromatic rings. The van der Waals surface area contributed by atoms with Gasteiger partial charge in [-0.3, -0.25) is 0 Å². The average Bonchev–Trinajstić information content (AvgIpc) is 2.68. The number of hydrogen-bond donors (Lipinski definition) is 0. The van der Waals surface area contributed by atoms with Crippen molar-refractivity contribution in [3.8, 4) is 0 Å². The van der Waals surface area contributed by atoms with Crippen molar-refractivity contribution in [1.82, 2.24) is 9.55 Å². The van der Waals surface area contributed by atoms with Crippen molar-refractivity contribution in [2.24, 2.45) is 0 Å². The van der Waals surface area contributed by atoms with Gasteiger partial charge in [-0.1, -0.05) is 18.5 Å². The minimum absolute atomic E-state index is 0.0869. The van der Waals surface area contributed by atoms with E-state index in [1.165, 1.54) is 6.07 Å². The average molecular weight is 321 g/mol. The molecule has 0 N–H and O–H groups in total. The van der Waals surface area contributed by atoms with Crippen molar-refractivity contribution < 1.29 is 4.39 Å². The van der Waals surface area contributed by atoms with Crippen LogP contribution in [0.1, 0.15) is 25.0 Å². The van der Waals surface area contributed by atoms with E-state index in [4.69, 9.17) is 23.2 Å². The fourth-order valence-electron chi connectivity index (χ4n) is 1.97. The molecule has 2 nitrogen and oxygen atoms in total. The first-order valence-electron chi connectivity index (χ1n) is 5.96. The molecule has 0 spiro atoms. The quantitative estimate of drug-likeness (QED) is 0.747. The third-order valence-electron chi connectivity index (χ3n) is 3.02. The van der Waals surface area contributed by atoms with E-state index in [0.29, 0.717) is 10.8 Å². The van der Waals surface area contributed by atoms with E-state index in [1.807, 2.05) is 17.7 Å². The maximum atomic E-state index is 13.6. The molecule has 0 fully saturated rings. The second-order valence-electron chi connectivity index (χ2n) is 4.50. The first-order chi connectivity index (χ1) is 8.93. The highest BCUT2D eigenvalue weighted by Crippen LogP contribution is 2.29. The van der Waals surface area contributed by atoms with Crippen molar-refractivity contribution in [3.63, 3.8) is 0 Å². The van der Waals surface area contributed by atoms with Gasteiger partial charge in [0.15, 0.2) is 0 Å². The van der Waals surface area contributed by atoms with Crippen molar-refractivity contribution >= 4 is 46.0 Å². The molecule has 0 saturated carbocycles. The van der Waals surface area contributed by atoms with Crippen LogP contribution in [0.15, 0.2) is 12.1 Å². The van der Waals surface area contributed by atoms with Crippen LogP contribution in [0, 0.1) is 5.82 Å². The van der Waals surface area contributed by atoms with Gasteiger partial charge in [-0.15, -0.1) is 11.6 Å². The van der Waals surface area contributed by atoms with Gasteiger partial charge in [-0.05, 0) is 19.2 Å². The van der Waals surface area contributed by atoms with Gasteiger partial charge in [-0.25, -0.2) is 9.37 Å². The van der Waals surface area contributed by atoms with Crippen molar-refractivity contribution in [2.75, 3.05) is 6.26 Å². The SMILES string of the molecule is CSC(C)Cn1c(C(C)Cl)nc2cc(Cl)c(F)cc21. The Morgan fingerprint density at radius 3 is 2.68 bits per heavy atom. The highest BCUT2D eigenvalue weighted by Gasteiger charge is 2.18. The number of nitrogens with zero attached hydrogens (tertiary/aromatic N) is 2. The molecule has 2 atom stereocenters. The van der Waals surface area contributed by atoms with E-state index in [0.717, 1.165) is 17.9 Å². The maximum absolute atomic E-state index is 13.6. The van der Waals surface area contributed by atoms with Gasteiger partial charge < -0.3 is 4.57 Å². The van der Waals surface area contributed by atoms with Gasteiger partial charge in [0.1, 0.15) is 11.6 Å². The highest BCUT2D eigenvalue weighted by atomic mass is 35.5. The van der Waals surface area contributed by atoms with Crippen LogP contribution in [-0.2, 0) is 6.54 Å². The molecule has 104 valence electrons. The zero-order valence-electron chi connectivity index (χ0n) is 11.0. The fourth-order valence-corrected chi connectivity index (χ4v) is 2.59. The van der Waals surface area contributed by atoms with E-state index < -0.39 is 5.82 Å². The van der Waals surface area contributed by atoms with Crippen LogP contribution in [0.5, 0.6) is 0 Å². The van der Waals surface area contributed by atoms with E-state index in [9.17, 15) is 4.39 Å². The van der Waals surface area contributed by atoms with Gasteiger partial charge in [0, 0.05) is 17.9 Å². The number of alkyl halides is 1. The number of thioether (sulfide) groups is 1. The molecule has 1 aromatic carbocycles. The topological polar surface area (TPSA) is 17.8 Å². The third-order valence-corrected chi connectivity index (χ3v) is 4.46. The van der Waals surface area contributed by atoms with Crippen LogP contribution < -0.4 is 0 Å². The smallest absolute Gasteiger partial charge is 0.144 e. The van der Waals surface area contributed by atoms with Crippen LogP contribution in [-0.4, -0.2) is 21.1 Å². The molecule has 1 aromatic heterocycles. The van der Waals surface area contributed by atoms with Crippen molar-refractivity contribution in [3.05, 3.63) is 28.8 Å². The Hall–Kier alpha value is -0.450. The molecule has 2 unspecified atom stereocenters. The molecule has 19 heavy (non-hydrogen) atoms. The Labute approximate surface area is 126 Å². The minimum Gasteiger partial charge on any atom is -0.326 e. The summed E-state index contributed by atoms with van der Waals surface area (Å²) in [5.74, 6) is 0.320. The Bertz CT molecular complexity index is 598. The standard InChI is InChI=1S/C13H15Cl2FN2S/c1-7(19-3)6-18-12-5-10(16)9(15)4-11(12)17-13(18)8(2)14/h4-5,7-8H,6H2,1-3H3. The summed E-state index contributed by atoms with van der Waals surface area (Å²) in [6.45, 7) is 4.72. The molecule has 0 radical (unpaired) electrons. The van der Waals surface area contributed by atoms with Crippen LogP contribution in [0.25, 0.3) is 11.0 Å². The van der Waals surface area contributed by atoms with Gasteiger partial charge in [0.25, 0.3) is 0 Å². The summed E-state index contributed by atoms with van der Waals surface area (Å²) in [7, 11) is 0.